The standard InChI is InChI=1S/C18H18Cl2N2O3S/c19-16-3-1-4-17(20)15(16)9-10-21-18(23)13-5-7-14(8-6-13)22-11-2-12-26(22,24)25/h1,3-8H,2,9-12H2,(H,21,23). The van der Waals surface area contributed by atoms with Gasteiger partial charge in [0.15, 0.2) is 0 Å². The van der Waals surface area contributed by atoms with Crippen molar-refractivity contribution < 1.29 is 13.2 Å². The van der Waals surface area contributed by atoms with Crippen LogP contribution in [-0.2, 0) is 16.4 Å². The summed E-state index contributed by atoms with van der Waals surface area (Å²) < 4.78 is 25.3. The summed E-state index contributed by atoms with van der Waals surface area (Å²) in [5.74, 6) is -0.0659. The molecule has 5 nitrogen and oxygen atoms in total. The molecule has 0 saturated carbocycles. The van der Waals surface area contributed by atoms with Crippen molar-refractivity contribution in [3.63, 3.8) is 0 Å². The molecule has 2 aromatic rings. The van der Waals surface area contributed by atoms with Crippen LogP contribution >= 0.6 is 23.2 Å². The summed E-state index contributed by atoms with van der Waals surface area (Å²) in [7, 11) is -3.22. The zero-order valence-corrected chi connectivity index (χ0v) is 16.2. The van der Waals surface area contributed by atoms with Crippen LogP contribution in [0, 0.1) is 0 Å². The lowest BCUT2D eigenvalue weighted by Gasteiger charge is -2.17. The van der Waals surface area contributed by atoms with E-state index in [0.29, 0.717) is 47.2 Å². The molecule has 138 valence electrons. The number of anilines is 1. The smallest absolute Gasteiger partial charge is 0.251 e. The SMILES string of the molecule is O=C(NCCc1c(Cl)cccc1Cl)c1ccc(N2CCCS2(=O)=O)cc1. The van der Waals surface area contributed by atoms with Crippen LogP contribution in [0.25, 0.3) is 0 Å². The first-order valence-corrected chi connectivity index (χ1v) is 10.6. The summed E-state index contributed by atoms with van der Waals surface area (Å²) >= 11 is 12.2. The van der Waals surface area contributed by atoms with Gasteiger partial charge >= 0.3 is 0 Å². The van der Waals surface area contributed by atoms with E-state index in [1.54, 1.807) is 42.5 Å². The molecule has 3 rings (SSSR count). The minimum atomic E-state index is -3.22. The van der Waals surface area contributed by atoms with E-state index in [0.717, 1.165) is 5.56 Å². The molecule has 1 aliphatic heterocycles. The lowest BCUT2D eigenvalue weighted by Crippen LogP contribution is -2.27. The van der Waals surface area contributed by atoms with Gasteiger partial charge in [0.05, 0.1) is 11.4 Å². The quantitative estimate of drug-likeness (QED) is 0.816. The maximum absolute atomic E-state index is 12.3. The van der Waals surface area contributed by atoms with Gasteiger partial charge in [-0.25, -0.2) is 8.42 Å². The summed E-state index contributed by atoms with van der Waals surface area (Å²) in [4.78, 5) is 12.3. The summed E-state index contributed by atoms with van der Waals surface area (Å²) in [6.07, 6.45) is 1.14. The maximum atomic E-state index is 12.3. The van der Waals surface area contributed by atoms with Gasteiger partial charge in [-0.05, 0) is 54.8 Å². The first kappa shape index (κ1) is 19.0. The fraction of sp³-hybridized carbons (Fsp3) is 0.278. The monoisotopic (exact) mass is 412 g/mol. The second-order valence-corrected chi connectivity index (χ2v) is 8.82. The average Bonchev–Trinajstić information content (AvgIpc) is 2.96. The average molecular weight is 413 g/mol. The van der Waals surface area contributed by atoms with Crippen LogP contribution in [-0.4, -0.2) is 33.2 Å². The van der Waals surface area contributed by atoms with Crippen LogP contribution in [0.15, 0.2) is 42.5 Å². The number of nitrogens with zero attached hydrogens (tertiary/aromatic N) is 1. The predicted molar refractivity (Wildman–Crippen MR) is 105 cm³/mol. The van der Waals surface area contributed by atoms with Crippen molar-refractivity contribution in [2.45, 2.75) is 12.8 Å². The number of benzene rings is 2. The Bertz CT molecular complexity index is 894. The van der Waals surface area contributed by atoms with Crippen molar-refractivity contribution in [3.8, 4) is 0 Å². The normalized spacial score (nSPS) is 15.8. The number of carbonyl (C=O) groups is 1. The summed E-state index contributed by atoms with van der Waals surface area (Å²) in [6.45, 7) is 0.872. The third kappa shape index (κ3) is 4.14. The maximum Gasteiger partial charge on any atom is 0.251 e. The Hall–Kier alpha value is -1.76. The van der Waals surface area contributed by atoms with Crippen LogP contribution in [0.3, 0.4) is 0 Å². The molecule has 0 atom stereocenters. The molecule has 1 aliphatic rings. The third-order valence-corrected chi connectivity index (χ3v) is 6.82. The molecule has 0 unspecified atom stereocenters. The lowest BCUT2D eigenvalue weighted by atomic mass is 10.1. The van der Waals surface area contributed by atoms with Crippen molar-refractivity contribution in [1.29, 1.82) is 0 Å². The summed E-state index contributed by atoms with van der Waals surface area (Å²) in [5, 5.41) is 3.96. The van der Waals surface area contributed by atoms with Gasteiger partial charge in [0.1, 0.15) is 0 Å². The molecule has 0 radical (unpaired) electrons. The van der Waals surface area contributed by atoms with E-state index < -0.39 is 10.0 Å². The molecule has 1 amide bonds. The molecule has 0 bridgehead atoms. The Morgan fingerprint density at radius 3 is 2.31 bits per heavy atom. The first-order valence-electron chi connectivity index (χ1n) is 8.20. The van der Waals surface area contributed by atoms with Crippen molar-refractivity contribution in [3.05, 3.63) is 63.6 Å². The summed E-state index contributed by atoms with van der Waals surface area (Å²) in [5.41, 5.74) is 1.85. The van der Waals surface area contributed by atoms with E-state index in [1.807, 2.05) is 0 Å². The number of halogens is 2. The highest BCUT2D eigenvalue weighted by atomic mass is 35.5. The van der Waals surface area contributed by atoms with Gasteiger partial charge in [-0.15, -0.1) is 0 Å². The molecular formula is C18H18Cl2N2O3S. The van der Waals surface area contributed by atoms with Crippen molar-refractivity contribution in [2.24, 2.45) is 0 Å². The molecule has 8 heteroatoms. The largest absolute Gasteiger partial charge is 0.352 e. The molecule has 0 spiro atoms. The molecular weight excluding hydrogens is 395 g/mol. The van der Waals surface area contributed by atoms with Crippen molar-refractivity contribution in [1.82, 2.24) is 5.32 Å². The third-order valence-electron chi connectivity index (χ3n) is 4.24. The highest BCUT2D eigenvalue weighted by molar-refractivity contribution is 7.93. The minimum absolute atomic E-state index is 0.167. The number of amides is 1. The van der Waals surface area contributed by atoms with E-state index in [1.165, 1.54) is 4.31 Å². The zero-order valence-electron chi connectivity index (χ0n) is 13.9. The van der Waals surface area contributed by atoms with Gasteiger partial charge in [-0.3, -0.25) is 9.10 Å². The predicted octanol–water partition coefficient (Wildman–Crippen LogP) is 3.51. The van der Waals surface area contributed by atoms with E-state index in [9.17, 15) is 13.2 Å². The van der Waals surface area contributed by atoms with Crippen LogP contribution in [0.4, 0.5) is 5.69 Å². The first-order chi connectivity index (χ1) is 12.4. The number of nitrogens with one attached hydrogen (secondary N) is 1. The fourth-order valence-electron chi connectivity index (χ4n) is 2.88. The Balaban J connectivity index is 1.60. The number of hydrogen-bond acceptors (Lipinski definition) is 3. The van der Waals surface area contributed by atoms with E-state index in [4.69, 9.17) is 23.2 Å². The molecule has 0 aromatic heterocycles. The molecule has 1 fully saturated rings. The number of carbonyl (C=O) groups excluding carboxylic acids is 1. The van der Waals surface area contributed by atoms with E-state index in [2.05, 4.69) is 5.32 Å². The summed E-state index contributed by atoms with van der Waals surface area (Å²) in [6, 6.07) is 11.9. The molecule has 2 aromatic carbocycles. The van der Waals surface area contributed by atoms with Gasteiger partial charge < -0.3 is 5.32 Å². The van der Waals surface area contributed by atoms with Crippen molar-refractivity contribution >= 4 is 44.8 Å². The number of sulfonamides is 1. The van der Waals surface area contributed by atoms with Crippen LogP contribution in [0.2, 0.25) is 10.0 Å². The lowest BCUT2D eigenvalue weighted by molar-refractivity contribution is 0.0954. The molecule has 26 heavy (non-hydrogen) atoms. The van der Waals surface area contributed by atoms with Gasteiger partial charge in [0.25, 0.3) is 5.91 Å². The number of rotatable bonds is 5. The highest BCUT2D eigenvalue weighted by Gasteiger charge is 2.28. The molecule has 1 heterocycles. The van der Waals surface area contributed by atoms with Crippen molar-refractivity contribution in [2.75, 3.05) is 23.1 Å². The zero-order chi connectivity index (χ0) is 18.7. The van der Waals surface area contributed by atoms with Gasteiger partial charge in [-0.2, -0.15) is 0 Å². The second kappa shape index (κ2) is 7.86. The van der Waals surface area contributed by atoms with E-state index in [-0.39, 0.29) is 11.7 Å². The van der Waals surface area contributed by atoms with Gasteiger partial charge in [-0.1, -0.05) is 29.3 Å². The highest BCUT2D eigenvalue weighted by Crippen LogP contribution is 2.25. The van der Waals surface area contributed by atoms with Crippen LogP contribution in [0.1, 0.15) is 22.3 Å². The van der Waals surface area contributed by atoms with Gasteiger partial charge in [0, 0.05) is 28.7 Å². The fourth-order valence-corrected chi connectivity index (χ4v) is 5.03. The van der Waals surface area contributed by atoms with Crippen LogP contribution in [0.5, 0.6) is 0 Å². The topological polar surface area (TPSA) is 66.5 Å². The Morgan fingerprint density at radius 1 is 1.08 bits per heavy atom. The minimum Gasteiger partial charge on any atom is -0.352 e. The Kier molecular flexibility index (Phi) is 5.75. The molecule has 0 aliphatic carbocycles. The molecule has 1 saturated heterocycles. The molecule has 1 N–H and O–H groups in total. The Morgan fingerprint density at radius 2 is 1.73 bits per heavy atom. The van der Waals surface area contributed by atoms with Gasteiger partial charge in [0.2, 0.25) is 10.0 Å². The van der Waals surface area contributed by atoms with Crippen LogP contribution < -0.4 is 9.62 Å². The number of hydrogen-bond donors (Lipinski definition) is 1. The second-order valence-electron chi connectivity index (χ2n) is 5.99. The Labute approximate surface area is 163 Å². The van der Waals surface area contributed by atoms with E-state index >= 15 is 0 Å².